The van der Waals surface area contributed by atoms with Gasteiger partial charge in [-0.1, -0.05) is 30.3 Å². The van der Waals surface area contributed by atoms with Crippen molar-refractivity contribution in [3.05, 3.63) is 41.5 Å². The van der Waals surface area contributed by atoms with Gasteiger partial charge in [-0.2, -0.15) is 0 Å². The molecule has 0 saturated heterocycles. The molecule has 1 aliphatic carbocycles. The number of thiol groups is 1. The van der Waals surface area contributed by atoms with Crippen LogP contribution in [-0.4, -0.2) is 20.0 Å². The number of hydrogen-bond donors (Lipinski definition) is 1. The molecule has 0 amide bonds. The van der Waals surface area contributed by atoms with Gasteiger partial charge in [0.1, 0.15) is 0 Å². The van der Waals surface area contributed by atoms with E-state index in [0.717, 1.165) is 5.56 Å². The fourth-order valence-corrected chi connectivity index (χ4v) is 1.22. The third-order valence-electron chi connectivity index (χ3n) is 1.84. The second kappa shape index (κ2) is 5.58. The summed E-state index contributed by atoms with van der Waals surface area (Å²) in [5.74, 6) is -0.846. The second-order valence-electron chi connectivity index (χ2n) is 2.83. The van der Waals surface area contributed by atoms with Crippen LogP contribution in [0.3, 0.4) is 0 Å². The van der Waals surface area contributed by atoms with Gasteiger partial charge < -0.3 is 0 Å². The molecule has 16 heavy (non-hydrogen) atoms. The number of Topliss-reactive ketones (excluding diaryl/α,β-unsaturated/α-hetero) is 1. The van der Waals surface area contributed by atoms with Gasteiger partial charge in [0.15, 0.2) is 0 Å². The van der Waals surface area contributed by atoms with Crippen molar-refractivity contribution in [3.63, 3.8) is 0 Å². The minimum Gasteiger partial charge on any atom is -0.286 e. The monoisotopic (exact) mass is 258 g/mol. The van der Waals surface area contributed by atoms with Crippen LogP contribution in [0.15, 0.2) is 30.3 Å². The number of ketones is 2. The highest BCUT2D eigenvalue weighted by Crippen LogP contribution is 2.16. The Bertz CT molecular complexity index is 523. The van der Waals surface area contributed by atoms with Crippen molar-refractivity contribution in [1.82, 2.24) is 0 Å². The third kappa shape index (κ3) is 3.29. The van der Waals surface area contributed by atoms with Gasteiger partial charge in [0.2, 0.25) is 21.5 Å². The summed E-state index contributed by atoms with van der Waals surface area (Å²) in [6.07, 6.45) is 2.98. The summed E-state index contributed by atoms with van der Waals surface area (Å²) in [6.45, 7) is 0. The lowest BCUT2D eigenvalue weighted by molar-refractivity contribution is -0.110. The highest BCUT2D eigenvalue weighted by atomic mass is 35.7. The molecule has 1 aromatic carbocycles. The molecular weight excluding hydrogens is 252 g/mol. The van der Waals surface area contributed by atoms with Gasteiger partial charge in [-0.3, -0.25) is 9.59 Å². The number of rotatable bonds is 0. The van der Waals surface area contributed by atoms with Gasteiger partial charge in [-0.15, -0.1) is 0 Å². The first kappa shape index (κ1) is 12.6. The Morgan fingerprint density at radius 3 is 2.19 bits per heavy atom. The van der Waals surface area contributed by atoms with Crippen molar-refractivity contribution in [2.45, 2.75) is 0 Å². The van der Waals surface area contributed by atoms with Crippen LogP contribution >= 0.6 is 10.7 Å². The molecule has 0 atom stereocenters. The van der Waals surface area contributed by atoms with Gasteiger partial charge in [0.25, 0.3) is 0 Å². The van der Waals surface area contributed by atoms with Crippen LogP contribution in [0.1, 0.15) is 15.9 Å². The number of carbonyl (C=O) groups excluding carboxylic acids is 2. The van der Waals surface area contributed by atoms with E-state index in [9.17, 15) is 9.59 Å². The molecule has 6 heteroatoms. The lowest BCUT2D eigenvalue weighted by Gasteiger charge is -2.06. The quantitative estimate of drug-likeness (QED) is 0.432. The van der Waals surface area contributed by atoms with E-state index in [0.29, 0.717) is 5.56 Å². The van der Waals surface area contributed by atoms with E-state index in [2.05, 4.69) is 10.7 Å². The molecule has 84 valence electrons. The molecule has 0 heterocycles. The predicted molar refractivity (Wildman–Crippen MR) is 61.0 cm³/mol. The van der Waals surface area contributed by atoms with Crippen molar-refractivity contribution in [3.8, 4) is 0 Å². The fraction of sp³-hybridized carbons (Fsp3) is 0. The van der Waals surface area contributed by atoms with Crippen molar-refractivity contribution in [2.24, 2.45) is 0 Å². The summed E-state index contributed by atoms with van der Waals surface area (Å²) in [5, 5.41) is 0. The fourth-order valence-electron chi connectivity index (χ4n) is 1.22. The molecule has 0 aliphatic heterocycles. The van der Waals surface area contributed by atoms with E-state index in [-0.39, 0.29) is 0 Å². The zero-order valence-electron chi connectivity index (χ0n) is 7.92. The summed E-state index contributed by atoms with van der Waals surface area (Å²) in [7, 11) is 1.58. The zero-order valence-corrected chi connectivity index (χ0v) is 9.57. The van der Waals surface area contributed by atoms with Gasteiger partial charge in [-0.05, 0) is 11.6 Å². The normalized spacial score (nSPS) is 13.1. The van der Waals surface area contributed by atoms with Gasteiger partial charge in [0.05, 0.1) is 0 Å². The van der Waals surface area contributed by atoms with Crippen LogP contribution in [0.25, 0.3) is 6.08 Å². The topological polar surface area (TPSA) is 68.3 Å². The van der Waals surface area contributed by atoms with E-state index in [1.54, 1.807) is 18.2 Å². The van der Waals surface area contributed by atoms with Crippen LogP contribution in [0.2, 0.25) is 0 Å². The average Bonchev–Trinajstić information content (AvgIpc) is 2.23. The van der Waals surface area contributed by atoms with Crippen LogP contribution in [-0.2, 0) is 14.7 Å². The van der Waals surface area contributed by atoms with Gasteiger partial charge in [-0.25, -0.2) is 8.42 Å². The number of allylic oxidation sites excluding steroid dienone is 1. The van der Waals surface area contributed by atoms with Crippen molar-refractivity contribution >= 4 is 38.2 Å². The van der Waals surface area contributed by atoms with Crippen molar-refractivity contribution in [2.75, 3.05) is 0 Å². The Kier molecular flexibility index (Phi) is 4.39. The van der Waals surface area contributed by atoms with Crippen molar-refractivity contribution < 1.29 is 18.0 Å². The third-order valence-corrected chi connectivity index (χ3v) is 1.84. The van der Waals surface area contributed by atoms with Crippen LogP contribution < -0.4 is 0 Å². The number of benzene rings is 1. The number of carbonyl (C=O) groups is 2. The van der Waals surface area contributed by atoms with E-state index in [1.165, 1.54) is 6.08 Å². The maximum atomic E-state index is 11.2. The maximum absolute atomic E-state index is 11.2. The SMILES string of the molecule is O=C1C=Cc2ccccc2C1=O.O=[SH](=O)Cl. The zero-order chi connectivity index (χ0) is 12.1. The Morgan fingerprint density at radius 2 is 1.56 bits per heavy atom. The highest BCUT2D eigenvalue weighted by molar-refractivity contribution is 7.98. The van der Waals surface area contributed by atoms with E-state index in [1.807, 2.05) is 12.1 Å². The number of fused-ring (bicyclic) bond motifs is 1. The smallest absolute Gasteiger partial charge is 0.233 e. The summed E-state index contributed by atoms with van der Waals surface area (Å²) >= 11 is 0. The molecule has 0 saturated carbocycles. The Labute approximate surface area is 98.0 Å². The van der Waals surface area contributed by atoms with Crippen molar-refractivity contribution in [1.29, 1.82) is 0 Å². The van der Waals surface area contributed by atoms with E-state index < -0.39 is 21.5 Å². The van der Waals surface area contributed by atoms with E-state index >= 15 is 0 Å². The summed E-state index contributed by atoms with van der Waals surface area (Å²) < 4.78 is 17.6. The summed E-state index contributed by atoms with van der Waals surface area (Å²) in [5.41, 5.74) is 1.33. The van der Waals surface area contributed by atoms with Crippen LogP contribution in [0.5, 0.6) is 0 Å². The van der Waals surface area contributed by atoms with Gasteiger partial charge in [0, 0.05) is 16.2 Å². The number of halogens is 1. The summed E-state index contributed by atoms with van der Waals surface area (Å²) in [4.78, 5) is 22.1. The second-order valence-corrected chi connectivity index (χ2v) is 4.08. The summed E-state index contributed by atoms with van der Waals surface area (Å²) in [6, 6.07) is 7.07. The van der Waals surface area contributed by atoms with Crippen LogP contribution in [0.4, 0.5) is 0 Å². The Balaban J connectivity index is 0.000000280. The molecule has 0 radical (unpaired) electrons. The molecule has 4 nitrogen and oxygen atoms in total. The first-order chi connectivity index (χ1) is 7.52. The average molecular weight is 259 g/mol. The molecule has 0 bridgehead atoms. The van der Waals surface area contributed by atoms with Crippen LogP contribution in [0, 0.1) is 0 Å². The maximum Gasteiger partial charge on any atom is 0.233 e. The highest BCUT2D eigenvalue weighted by Gasteiger charge is 2.19. The lowest BCUT2D eigenvalue weighted by Crippen LogP contribution is -2.15. The largest absolute Gasteiger partial charge is 0.286 e. The minimum absolute atomic E-state index is 0.409. The molecule has 0 aromatic heterocycles. The molecule has 1 aromatic rings. The standard InChI is InChI=1S/C10H6O2.ClHO2S/c11-9-6-5-7-3-1-2-4-8(7)10(9)12;1-4(2)3/h1-6H;4H. The molecule has 0 N–H and O–H groups in total. The lowest BCUT2D eigenvalue weighted by atomic mass is 9.96. The molecule has 1 aliphatic rings. The molecule has 0 fully saturated rings. The predicted octanol–water partition coefficient (Wildman–Crippen LogP) is 1.22. The number of hydrogen-bond acceptors (Lipinski definition) is 4. The molecule has 2 rings (SSSR count). The Hall–Kier alpha value is -1.46. The van der Waals surface area contributed by atoms with Gasteiger partial charge >= 0.3 is 0 Å². The van der Waals surface area contributed by atoms with E-state index in [4.69, 9.17) is 8.42 Å². The Morgan fingerprint density at radius 1 is 1.00 bits per heavy atom. The first-order valence-corrected chi connectivity index (χ1v) is 6.26. The molecular formula is C10H7ClO4S. The first-order valence-electron chi connectivity index (χ1n) is 4.18. The molecule has 0 spiro atoms. The molecule has 0 unspecified atom stereocenters. The minimum atomic E-state index is -2.65.